The molecule has 1 N–H and O–H groups in total. The highest BCUT2D eigenvalue weighted by Gasteiger charge is 2.22. The summed E-state index contributed by atoms with van der Waals surface area (Å²) >= 11 is 0. The van der Waals surface area contributed by atoms with Gasteiger partial charge in [0.15, 0.2) is 0 Å². The van der Waals surface area contributed by atoms with Crippen molar-refractivity contribution in [2.45, 2.75) is 37.8 Å². The molecule has 4 aromatic heterocycles. The van der Waals surface area contributed by atoms with Crippen molar-refractivity contribution in [3.8, 4) is 17.0 Å². The maximum Gasteiger partial charge on any atom is 0.244 e. The number of methoxy groups -OCH3 is 2. The number of ether oxygens (including phenoxy) is 2. The molecule has 0 atom stereocenters. The summed E-state index contributed by atoms with van der Waals surface area (Å²) in [5, 5.41) is 8.15. The average molecular weight is 392 g/mol. The Morgan fingerprint density at radius 2 is 1.93 bits per heavy atom. The third-order valence-corrected chi connectivity index (χ3v) is 5.71. The van der Waals surface area contributed by atoms with Gasteiger partial charge in [-0.3, -0.25) is 0 Å². The van der Waals surface area contributed by atoms with Crippen molar-refractivity contribution >= 4 is 17.1 Å². The standard InChI is InChI=1S/C21H24N6O2/c1-28-16-6-4-15(5-7-16)23-21-24-20(29-2)19-17(9-11-27(19)25-21)14-3-8-18-22-10-12-26(18)13-14/h3,8-13,15-16H,4-7H2,1-2H3,(H,23,25)/t15-,16+. The summed E-state index contributed by atoms with van der Waals surface area (Å²) in [6.07, 6.45) is 12.3. The number of imidazole rings is 1. The molecule has 8 nitrogen and oxygen atoms in total. The number of pyridine rings is 1. The molecule has 1 fully saturated rings. The minimum atomic E-state index is 0.349. The molecule has 8 heteroatoms. The van der Waals surface area contributed by atoms with Crippen LogP contribution in [0.2, 0.25) is 0 Å². The van der Waals surface area contributed by atoms with Gasteiger partial charge in [0, 0.05) is 49.1 Å². The van der Waals surface area contributed by atoms with Crippen molar-refractivity contribution in [1.29, 1.82) is 0 Å². The molecule has 0 aromatic carbocycles. The van der Waals surface area contributed by atoms with Crippen LogP contribution in [0, 0.1) is 0 Å². The second-order valence-electron chi connectivity index (χ2n) is 7.43. The summed E-state index contributed by atoms with van der Waals surface area (Å²) in [7, 11) is 3.43. The average Bonchev–Trinajstić information content (AvgIpc) is 3.40. The topological polar surface area (TPSA) is 78.0 Å². The van der Waals surface area contributed by atoms with E-state index in [4.69, 9.17) is 9.47 Å². The Bertz CT molecular complexity index is 1140. The zero-order valence-electron chi connectivity index (χ0n) is 16.6. The molecule has 4 heterocycles. The van der Waals surface area contributed by atoms with E-state index in [2.05, 4.69) is 32.6 Å². The third-order valence-electron chi connectivity index (χ3n) is 5.71. The van der Waals surface area contributed by atoms with Gasteiger partial charge in [0.1, 0.15) is 11.2 Å². The first-order valence-corrected chi connectivity index (χ1v) is 9.91. The van der Waals surface area contributed by atoms with Crippen LogP contribution in [-0.2, 0) is 4.74 Å². The predicted molar refractivity (Wildman–Crippen MR) is 110 cm³/mol. The molecule has 0 saturated heterocycles. The second-order valence-corrected chi connectivity index (χ2v) is 7.43. The number of nitrogens with zero attached hydrogens (tertiary/aromatic N) is 5. The molecule has 150 valence electrons. The minimum absolute atomic E-state index is 0.349. The van der Waals surface area contributed by atoms with Crippen LogP contribution in [0.15, 0.2) is 43.0 Å². The van der Waals surface area contributed by atoms with Crippen LogP contribution < -0.4 is 10.1 Å². The first kappa shape index (κ1) is 17.9. The van der Waals surface area contributed by atoms with Crippen LogP contribution in [0.3, 0.4) is 0 Å². The Hall–Kier alpha value is -3.13. The highest BCUT2D eigenvalue weighted by Crippen LogP contribution is 2.32. The van der Waals surface area contributed by atoms with Gasteiger partial charge in [-0.15, -0.1) is 5.10 Å². The summed E-state index contributed by atoms with van der Waals surface area (Å²) < 4.78 is 14.9. The maximum atomic E-state index is 5.63. The van der Waals surface area contributed by atoms with Gasteiger partial charge in [-0.05, 0) is 43.9 Å². The lowest BCUT2D eigenvalue weighted by molar-refractivity contribution is 0.0681. The normalized spacial score (nSPS) is 19.7. The van der Waals surface area contributed by atoms with E-state index in [1.165, 1.54) is 0 Å². The largest absolute Gasteiger partial charge is 0.479 e. The summed E-state index contributed by atoms with van der Waals surface area (Å²) in [5.41, 5.74) is 3.83. The van der Waals surface area contributed by atoms with Gasteiger partial charge < -0.3 is 19.2 Å². The van der Waals surface area contributed by atoms with Crippen molar-refractivity contribution in [3.05, 3.63) is 43.0 Å². The fraction of sp³-hybridized carbons (Fsp3) is 0.381. The zero-order chi connectivity index (χ0) is 19.8. The first-order chi connectivity index (χ1) is 14.2. The van der Waals surface area contributed by atoms with Gasteiger partial charge in [0.2, 0.25) is 11.8 Å². The Labute approximate surface area is 168 Å². The molecule has 0 bridgehead atoms. The smallest absolute Gasteiger partial charge is 0.244 e. The Morgan fingerprint density at radius 1 is 1.07 bits per heavy atom. The fourth-order valence-electron chi connectivity index (χ4n) is 4.13. The SMILES string of the molecule is COc1nc(N[C@H]2CC[C@@H](OC)CC2)nn2ccc(-c3ccc4nccn4c3)c12. The predicted octanol–water partition coefficient (Wildman–Crippen LogP) is 3.42. The third kappa shape index (κ3) is 3.29. The molecule has 1 saturated carbocycles. The molecular weight excluding hydrogens is 368 g/mol. The highest BCUT2D eigenvalue weighted by atomic mass is 16.5. The number of hydrogen-bond donors (Lipinski definition) is 1. The minimum Gasteiger partial charge on any atom is -0.479 e. The lowest BCUT2D eigenvalue weighted by atomic mass is 9.93. The number of hydrogen-bond acceptors (Lipinski definition) is 6. The number of fused-ring (bicyclic) bond motifs is 2. The lowest BCUT2D eigenvalue weighted by Crippen LogP contribution is -2.30. The fourth-order valence-corrected chi connectivity index (χ4v) is 4.13. The molecule has 4 aromatic rings. The Kier molecular flexibility index (Phi) is 4.55. The molecular formula is C21H24N6O2. The molecule has 29 heavy (non-hydrogen) atoms. The van der Waals surface area contributed by atoms with E-state index in [1.807, 2.05) is 33.4 Å². The summed E-state index contributed by atoms with van der Waals surface area (Å²) in [6.45, 7) is 0. The van der Waals surface area contributed by atoms with Crippen LogP contribution in [0.4, 0.5) is 5.95 Å². The van der Waals surface area contributed by atoms with Gasteiger partial charge in [0.05, 0.1) is 13.2 Å². The second kappa shape index (κ2) is 7.36. The molecule has 0 unspecified atom stereocenters. The quantitative estimate of drug-likeness (QED) is 0.561. The van der Waals surface area contributed by atoms with Crippen molar-refractivity contribution in [3.63, 3.8) is 0 Å². The summed E-state index contributed by atoms with van der Waals surface area (Å²) in [6, 6.07) is 6.44. The molecule has 0 aliphatic heterocycles. The van der Waals surface area contributed by atoms with Crippen molar-refractivity contribution < 1.29 is 9.47 Å². The van der Waals surface area contributed by atoms with Gasteiger partial charge in [-0.2, -0.15) is 4.98 Å². The summed E-state index contributed by atoms with van der Waals surface area (Å²) in [4.78, 5) is 8.95. The maximum absolute atomic E-state index is 5.63. The van der Waals surface area contributed by atoms with E-state index in [0.717, 1.165) is 48.0 Å². The molecule has 1 aliphatic rings. The van der Waals surface area contributed by atoms with Crippen molar-refractivity contribution in [2.75, 3.05) is 19.5 Å². The number of anilines is 1. The number of rotatable bonds is 5. The molecule has 0 radical (unpaired) electrons. The monoisotopic (exact) mass is 392 g/mol. The first-order valence-electron chi connectivity index (χ1n) is 9.91. The Balaban J connectivity index is 1.47. The van der Waals surface area contributed by atoms with Gasteiger partial charge in [-0.1, -0.05) is 0 Å². The van der Waals surface area contributed by atoms with Crippen LogP contribution in [0.1, 0.15) is 25.7 Å². The van der Waals surface area contributed by atoms with E-state index in [-0.39, 0.29) is 0 Å². The highest BCUT2D eigenvalue weighted by molar-refractivity contribution is 5.84. The Morgan fingerprint density at radius 3 is 2.72 bits per heavy atom. The lowest BCUT2D eigenvalue weighted by Gasteiger charge is -2.28. The molecule has 0 amide bonds. The zero-order valence-corrected chi connectivity index (χ0v) is 16.6. The molecule has 5 rings (SSSR count). The van der Waals surface area contributed by atoms with Gasteiger partial charge >= 0.3 is 0 Å². The van der Waals surface area contributed by atoms with E-state index < -0.39 is 0 Å². The molecule has 0 spiro atoms. The van der Waals surface area contributed by atoms with E-state index in [0.29, 0.717) is 24.0 Å². The van der Waals surface area contributed by atoms with E-state index >= 15 is 0 Å². The van der Waals surface area contributed by atoms with E-state index in [9.17, 15) is 0 Å². The van der Waals surface area contributed by atoms with Crippen LogP contribution in [0.5, 0.6) is 5.88 Å². The van der Waals surface area contributed by atoms with Crippen LogP contribution in [0.25, 0.3) is 22.3 Å². The number of aromatic nitrogens is 5. The van der Waals surface area contributed by atoms with Crippen molar-refractivity contribution in [2.24, 2.45) is 0 Å². The van der Waals surface area contributed by atoms with Crippen LogP contribution in [-0.4, -0.2) is 50.3 Å². The van der Waals surface area contributed by atoms with Gasteiger partial charge in [-0.25, -0.2) is 9.50 Å². The van der Waals surface area contributed by atoms with Crippen molar-refractivity contribution in [1.82, 2.24) is 24.0 Å². The number of nitrogens with one attached hydrogen (secondary N) is 1. The van der Waals surface area contributed by atoms with E-state index in [1.54, 1.807) is 20.4 Å². The van der Waals surface area contributed by atoms with Gasteiger partial charge in [0.25, 0.3) is 0 Å². The van der Waals surface area contributed by atoms with Crippen LogP contribution >= 0.6 is 0 Å². The summed E-state index contributed by atoms with van der Waals surface area (Å²) in [5.74, 6) is 1.14. The molecule has 1 aliphatic carbocycles.